The molecule has 0 aromatic heterocycles. The van der Waals surface area contributed by atoms with E-state index in [0.29, 0.717) is 6.04 Å². The molecule has 16 heavy (non-hydrogen) atoms. The van der Waals surface area contributed by atoms with Gasteiger partial charge in [-0.3, -0.25) is 4.99 Å². The molecule has 1 unspecified atom stereocenters. The molecule has 0 amide bonds. The van der Waals surface area contributed by atoms with Crippen LogP contribution in [0.25, 0.3) is 0 Å². The molecule has 0 aliphatic carbocycles. The molecule has 0 fully saturated rings. The lowest BCUT2D eigenvalue weighted by Crippen LogP contribution is -2.32. The standard InChI is InChI=1S/C13H27N3/c1-4-16(5-2)11-7-8-12(3)15-13-9-6-10-14-13/h12H,4-11H2,1-3H3,(H,14,15). The minimum Gasteiger partial charge on any atom is -0.371 e. The molecule has 3 heteroatoms. The van der Waals surface area contributed by atoms with Crippen molar-refractivity contribution in [2.24, 2.45) is 4.99 Å². The maximum absolute atomic E-state index is 4.45. The van der Waals surface area contributed by atoms with Crippen LogP contribution in [-0.4, -0.2) is 43.0 Å². The monoisotopic (exact) mass is 225 g/mol. The maximum atomic E-state index is 4.45. The Kier molecular flexibility index (Phi) is 6.46. The number of rotatable bonds is 7. The molecule has 0 bridgehead atoms. The van der Waals surface area contributed by atoms with Gasteiger partial charge in [-0.1, -0.05) is 13.8 Å². The fourth-order valence-corrected chi connectivity index (χ4v) is 2.17. The van der Waals surface area contributed by atoms with Gasteiger partial charge in [0.05, 0.1) is 5.84 Å². The van der Waals surface area contributed by atoms with E-state index in [1.807, 2.05) is 0 Å². The van der Waals surface area contributed by atoms with Gasteiger partial charge < -0.3 is 10.2 Å². The fraction of sp³-hybridized carbons (Fsp3) is 0.923. The first-order chi connectivity index (χ1) is 7.76. The first-order valence-corrected chi connectivity index (χ1v) is 6.78. The lowest BCUT2D eigenvalue weighted by Gasteiger charge is -2.20. The largest absolute Gasteiger partial charge is 0.371 e. The predicted molar refractivity (Wildman–Crippen MR) is 71.2 cm³/mol. The smallest absolute Gasteiger partial charge is 0.0965 e. The molecule has 1 atom stereocenters. The van der Waals surface area contributed by atoms with Crippen molar-refractivity contribution in [1.29, 1.82) is 0 Å². The van der Waals surface area contributed by atoms with E-state index < -0.39 is 0 Å². The Balaban J connectivity index is 2.07. The van der Waals surface area contributed by atoms with E-state index in [-0.39, 0.29) is 0 Å². The topological polar surface area (TPSA) is 27.6 Å². The van der Waals surface area contributed by atoms with Crippen molar-refractivity contribution in [3.63, 3.8) is 0 Å². The van der Waals surface area contributed by atoms with E-state index in [9.17, 15) is 0 Å². The Morgan fingerprint density at radius 2 is 2.12 bits per heavy atom. The van der Waals surface area contributed by atoms with Crippen LogP contribution in [0.1, 0.15) is 46.5 Å². The maximum Gasteiger partial charge on any atom is 0.0965 e. The summed E-state index contributed by atoms with van der Waals surface area (Å²) in [6.45, 7) is 11.3. The molecule has 0 aromatic rings. The van der Waals surface area contributed by atoms with Crippen molar-refractivity contribution >= 4 is 5.84 Å². The number of hydrogen-bond acceptors (Lipinski definition) is 3. The van der Waals surface area contributed by atoms with Crippen LogP contribution in [-0.2, 0) is 0 Å². The zero-order valence-electron chi connectivity index (χ0n) is 11.1. The molecular weight excluding hydrogens is 198 g/mol. The van der Waals surface area contributed by atoms with Crippen LogP contribution in [0.5, 0.6) is 0 Å². The van der Waals surface area contributed by atoms with Crippen LogP contribution in [0.4, 0.5) is 0 Å². The zero-order valence-corrected chi connectivity index (χ0v) is 11.1. The van der Waals surface area contributed by atoms with Crippen LogP contribution < -0.4 is 5.32 Å². The molecule has 3 nitrogen and oxygen atoms in total. The summed E-state index contributed by atoms with van der Waals surface area (Å²) in [5, 5.41) is 3.52. The van der Waals surface area contributed by atoms with Crippen LogP contribution in [0.15, 0.2) is 4.99 Å². The zero-order chi connectivity index (χ0) is 11.8. The third kappa shape index (κ3) is 4.97. The normalized spacial score (nSPS) is 17.6. The molecule has 0 saturated heterocycles. The van der Waals surface area contributed by atoms with Crippen molar-refractivity contribution in [2.45, 2.75) is 52.5 Å². The quantitative estimate of drug-likeness (QED) is 0.720. The van der Waals surface area contributed by atoms with Gasteiger partial charge in [0, 0.05) is 19.0 Å². The minimum absolute atomic E-state index is 0.576. The highest BCUT2D eigenvalue weighted by atomic mass is 15.1. The van der Waals surface area contributed by atoms with E-state index in [1.54, 1.807) is 0 Å². The van der Waals surface area contributed by atoms with Gasteiger partial charge >= 0.3 is 0 Å². The van der Waals surface area contributed by atoms with Crippen molar-refractivity contribution < 1.29 is 0 Å². The van der Waals surface area contributed by atoms with E-state index in [1.165, 1.54) is 44.7 Å². The molecule has 0 saturated carbocycles. The Morgan fingerprint density at radius 3 is 2.69 bits per heavy atom. The van der Waals surface area contributed by atoms with Gasteiger partial charge in [0.25, 0.3) is 0 Å². The fourth-order valence-electron chi connectivity index (χ4n) is 2.17. The predicted octanol–water partition coefficient (Wildman–Crippen LogP) is 2.28. The van der Waals surface area contributed by atoms with Crippen LogP contribution in [0, 0.1) is 0 Å². The summed E-state index contributed by atoms with van der Waals surface area (Å²) in [5.41, 5.74) is 0. The summed E-state index contributed by atoms with van der Waals surface area (Å²) >= 11 is 0. The van der Waals surface area contributed by atoms with Gasteiger partial charge in [0.2, 0.25) is 0 Å². The highest BCUT2D eigenvalue weighted by Crippen LogP contribution is 2.05. The number of aliphatic imine (C=N–C) groups is 1. The van der Waals surface area contributed by atoms with Gasteiger partial charge in [0.1, 0.15) is 0 Å². The van der Waals surface area contributed by atoms with Gasteiger partial charge in [0.15, 0.2) is 0 Å². The molecule has 1 aliphatic rings. The summed E-state index contributed by atoms with van der Waals surface area (Å²) in [4.78, 5) is 6.93. The number of nitrogens with one attached hydrogen (secondary N) is 1. The molecule has 94 valence electrons. The van der Waals surface area contributed by atoms with E-state index >= 15 is 0 Å². The second kappa shape index (κ2) is 7.66. The lowest BCUT2D eigenvalue weighted by molar-refractivity contribution is 0.292. The molecule has 0 radical (unpaired) electrons. The van der Waals surface area contributed by atoms with Gasteiger partial charge in [-0.2, -0.15) is 0 Å². The first-order valence-electron chi connectivity index (χ1n) is 6.78. The molecule has 1 aliphatic heterocycles. The highest BCUT2D eigenvalue weighted by molar-refractivity contribution is 5.83. The molecule has 0 aromatic carbocycles. The average Bonchev–Trinajstić information content (AvgIpc) is 2.77. The minimum atomic E-state index is 0.576. The second-order valence-electron chi connectivity index (χ2n) is 4.65. The third-order valence-corrected chi connectivity index (χ3v) is 3.29. The Morgan fingerprint density at radius 1 is 1.38 bits per heavy atom. The average molecular weight is 225 g/mol. The third-order valence-electron chi connectivity index (χ3n) is 3.29. The molecule has 1 heterocycles. The first kappa shape index (κ1) is 13.5. The number of hydrogen-bond donors (Lipinski definition) is 1. The van der Waals surface area contributed by atoms with Crippen LogP contribution >= 0.6 is 0 Å². The van der Waals surface area contributed by atoms with Gasteiger partial charge in [-0.05, 0) is 45.8 Å². The molecule has 1 rings (SSSR count). The SMILES string of the molecule is CCN(CC)CCCC(C)NC1=NCCC1. The van der Waals surface area contributed by atoms with Crippen molar-refractivity contribution in [2.75, 3.05) is 26.2 Å². The number of nitrogens with zero attached hydrogens (tertiary/aromatic N) is 2. The second-order valence-corrected chi connectivity index (χ2v) is 4.65. The molecular formula is C13H27N3. The molecule has 0 spiro atoms. The Hall–Kier alpha value is -0.570. The van der Waals surface area contributed by atoms with Crippen LogP contribution in [0.2, 0.25) is 0 Å². The van der Waals surface area contributed by atoms with E-state index in [4.69, 9.17) is 0 Å². The Labute approximate surface area is 100 Å². The van der Waals surface area contributed by atoms with Gasteiger partial charge in [-0.25, -0.2) is 0 Å². The lowest BCUT2D eigenvalue weighted by atomic mass is 10.1. The highest BCUT2D eigenvalue weighted by Gasteiger charge is 2.09. The van der Waals surface area contributed by atoms with Crippen LogP contribution in [0.3, 0.4) is 0 Å². The summed E-state index contributed by atoms with van der Waals surface area (Å²) < 4.78 is 0. The van der Waals surface area contributed by atoms with Gasteiger partial charge in [-0.15, -0.1) is 0 Å². The van der Waals surface area contributed by atoms with Crippen molar-refractivity contribution in [3.05, 3.63) is 0 Å². The Bertz CT molecular complexity index is 209. The number of amidine groups is 1. The summed E-state index contributed by atoms with van der Waals surface area (Å²) in [5.74, 6) is 1.23. The summed E-state index contributed by atoms with van der Waals surface area (Å²) in [6, 6.07) is 0.576. The van der Waals surface area contributed by atoms with E-state index in [0.717, 1.165) is 13.0 Å². The van der Waals surface area contributed by atoms with E-state index in [2.05, 4.69) is 36.0 Å². The summed E-state index contributed by atoms with van der Waals surface area (Å²) in [7, 11) is 0. The summed E-state index contributed by atoms with van der Waals surface area (Å²) in [6.07, 6.45) is 4.91. The molecule has 1 N–H and O–H groups in total. The van der Waals surface area contributed by atoms with Crippen molar-refractivity contribution in [3.8, 4) is 0 Å². The van der Waals surface area contributed by atoms with Crippen molar-refractivity contribution in [1.82, 2.24) is 10.2 Å².